The molecule has 1 aliphatic carbocycles. The molecule has 2 heterocycles. The van der Waals surface area contributed by atoms with Crippen LogP contribution in [0, 0.1) is 23.2 Å². The molecule has 2 aliphatic heterocycles. The van der Waals surface area contributed by atoms with Crippen LogP contribution in [-0.4, -0.2) is 70.3 Å². The number of nitrogens with zero attached hydrogens (tertiary/aromatic N) is 2. The van der Waals surface area contributed by atoms with Gasteiger partial charge in [-0.25, -0.2) is 0 Å². The molecule has 1 saturated carbocycles. The van der Waals surface area contributed by atoms with Crippen LogP contribution in [0.1, 0.15) is 85.6 Å². The van der Waals surface area contributed by atoms with E-state index in [1.54, 1.807) is 18.2 Å². The number of nitrogens with two attached hydrogens (primary N) is 1. The molecule has 45 heavy (non-hydrogen) atoms. The van der Waals surface area contributed by atoms with Crippen molar-refractivity contribution in [1.82, 2.24) is 15.5 Å². The number of nitrogens with one attached hydrogen (secondary N) is 2. The normalized spacial score (nSPS) is 25.4. The molecule has 1 aromatic rings. The smallest absolute Gasteiger partial charge is 0.287 e. The maximum Gasteiger partial charge on any atom is 0.287 e. The molecule has 4 rings (SSSR count). The maximum absolute atomic E-state index is 14.4. The van der Waals surface area contributed by atoms with Gasteiger partial charge in [0.2, 0.25) is 23.5 Å². The number of benzene rings is 1. The third-order valence-corrected chi connectivity index (χ3v) is 9.10. The molecule has 4 N–H and O–H groups in total. The Balaban J connectivity index is 1.61. The predicted molar refractivity (Wildman–Crippen MR) is 170 cm³/mol. The van der Waals surface area contributed by atoms with Gasteiger partial charge in [0.05, 0.1) is 18.3 Å². The predicted octanol–water partition coefficient (Wildman–Crippen LogP) is 3.36. The number of Topliss-reactive ketones (excluding diaryl/α,β-unsaturated/α-hetero) is 1. The summed E-state index contributed by atoms with van der Waals surface area (Å²) >= 11 is 6.21. The van der Waals surface area contributed by atoms with Crippen molar-refractivity contribution in [3.8, 4) is 0 Å². The summed E-state index contributed by atoms with van der Waals surface area (Å²) in [5, 5.41) is 10.5. The van der Waals surface area contributed by atoms with Gasteiger partial charge in [0.1, 0.15) is 12.1 Å². The molecule has 0 bridgehead atoms. The minimum Gasteiger partial charge on any atom is -0.387 e. The molecule has 11 nitrogen and oxygen atoms in total. The minimum absolute atomic E-state index is 0.0293. The Morgan fingerprint density at radius 1 is 1.16 bits per heavy atom. The third-order valence-electron chi connectivity index (χ3n) is 8.87. The standard InChI is InChI=1S/C33H46ClN5O6/c1-7-9-23(26(40)28(35)41)36-30(43)25-16-33(15-24(38-45-33)19-10-8-11-21(34)13-19)17-39(25)31(44)27(32(4,5)6)37-29(42)22-14-20(22)12-18(2)3/h8,10-11,13,18,20,22-23,25,27H,7,9,12,14-17H2,1-6H3,(H2,35,41)(H,36,43)(H,37,42)/t20-,22-,23+,25+,27-,33-/m1/s1. The van der Waals surface area contributed by atoms with Crippen LogP contribution in [0.25, 0.3) is 0 Å². The van der Waals surface area contributed by atoms with Crippen molar-refractivity contribution in [1.29, 1.82) is 0 Å². The number of oxime groups is 1. The number of primary amides is 1. The van der Waals surface area contributed by atoms with Crippen molar-refractivity contribution in [2.24, 2.45) is 34.1 Å². The summed E-state index contributed by atoms with van der Waals surface area (Å²) in [6, 6.07) is 4.08. The average Bonchev–Trinajstić information content (AvgIpc) is 3.42. The van der Waals surface area contributed by atoms with Gasteiger partial charge >= 0.3 is 0 Å². The molecule has 0 unspecified atom stereocenters. The van der Waals surface area contributed by atoms with E-state index in [0.717, 1.165) is 18.4 Å². The number of likely N-dealkylation sites (tertiary alicyclic amines) is 1. The van der Waals surface area contributed by atoms with Gasteiger partial charge < -0.3 is 26.1 Å². The van der Waals surface area contributed by atoms with E-state index in [2.05, 4.69) is 29.6 Å². The maximum atomic E-state index is 14.4. The molecule has 1 aromatic carbocycles. The van der Waals surface area contributed by atoms with Crippen LogP contribution in [0.5, 0.6) is 0 Å². The lowest BCUT2D eigenvalue weighted by atomic mass is 9.85. The van der Waals surface area contributed by atoms with E-state index in [0.29, 0.717) is 35.4 Å². The fraction of sp³-hybridized carbons (Fsp3) is 0.636. The Morgan fingerprint density at radius 3 is 2.47 bits per heavy atom. The summed E-state index contributed by atoms with van der Waals surface area (Å²) in [5.41, 5.74) is 4.95. The van der Waals surface area contributed by atoms with Crippen LogP contribution in [0.3, 0.4) is 0 Å². The van der Waals surface area contributed by atoms with Gasteiger partial charge in [0, 0.05) is 29.3 Å². The van der Waals surface area contributed by atoms with Crippen molar-refractivity contribution < 1.29 is 28.8 Å². The second-order valence-electron chi connectivity index (χ2n) is 14.3. The summed E-state index contributed by atoms with van der Waals surface area (Å²) in [4.78, 5) is 73.3. The van der Waals surface area contributed by atoms with Crippen LogP contribution in [-0.2, 0) is 28.8 Å². The van der Waals surface area contributed by atoms with Crippen LogP contribution in [0.4, 0.5) is 0 Å². The molecular weight excluding hydrogens is 598 g/mol. The number of ketones is 1. The van der Waals surface area contributed by atoms with Gasteiger partial charge in [-0.15, -0.1) is 0 Å². The lowest BCUT2D eigenvalue weighted by molar-refractivity contribution is -0.145. The summed E-state index contributed by atoms with van der Waals surface area (Å²) in [5.74, 6) is -2.63. The fourth-order valence-corrected chi connectivity index (χ4v) is 6.64. The number of halogens is 1. The van der Waals surface area contributed by atoms with Crippen molar-refractivity contribution in [2.75, 3.05) is 6.54 Å². The molecule has 12 heteroatoms. The topological polar surface area (TPSA) is 160 Å². The van der Waals surface area contributed by atoms with E-state index in [9.17, 15) is 24.0 Å². The van der Waals surface area contributed by atoms with E-state index in [4.69, 9.17) is 22.2 Å². The zero-order valence-corrected chi connectivity index (χ0v) is 27.8. The van der Waals surface area contributed by atoms with E-state index in [1.807, 2.05) is 33.8 Å². The van der Waals surface area contributed by atoms with Crippen molar-refractivity contribution in [3.05, 3.63) is 34.9 Å². The van der Waals surface area contributed by atoms with E-state index < -0.39 is 52.6 Å². The molecular formula is C33H46ClN5O6. The Hall–Kier alpha value is -3.47. The second kappa shape index (κ2) is 13.5. The van der Waals surface area contributed by atoms with E-state index in [-0.39, 0.29) is 31.2 Å². The zero-order chi connectivity index (χ0) is 33.3. The van der Waals surface area contributed by atoms with Crippen LogP contribution in [0.15, 0.2) is 29.4 Å². The Morgan fingerprint density at radius 2 is 1.87 bits per heavy atom. The number of amides is 4. The van der Waals surface area contributed by atoms with Crippen molar-refractivity contribution >= 4 is 46.7 Å². The Bertz CT molecular complexity index is 1370. The molecule has 0 radical (unpaired) electrons. The van der Waals surface area contributed by atoms with Gasteiger partial charge in [0.15, 0.2) is 5.60 Å². The first kappa shape index (κ1) is 34.4. The van der Waals surface area contributed by atoms with Gasteiger partial charge in [-0.3, -0.25) is 24.0 Å². The SMILES string of the molecule is CCC[C@H](NC(=O)[C@@H]1C[C@]2(CC(c3cccc(Cl)c3)=NO2)CN1C(=O)[C@@H](NC(=O)[C@@H]1C[C@H]1CC(C)C)C(C)(C)C)C(=O)C(N)=O. The molecule has 6 atom stereocenters. The molecule has 2 fully saturated rings. The second-order valence-corrected chi connectivity index (χ2v) is 14.7. The number of hydrogen-bond donors (Lipinski definition) is 3. The first-order valence-corrected chi connectivity index (χ1v) is 16.2. The van der Waals surface area contributed by atoms with Crippen molar-refractivity contribution in [2.45, 2.75) is 104 Å². The third kappa shape index (κ3) is 8.04. The first-order chi connectivity index (χ1) is 21.0. The van der Waals surface area contributed by atoms with Gasteiger partial charge in [-0.2, -0.15) is 0 Å². The van der Waals surface area contributed by atoms with Gasteiger partial charge in [-0.05, 0) is 48.6 Å². The highest BCUT2D eigenvalue weighted by Gasteiger charge is 2.56. The first-order valence-electron chi connectivity index (χ1n) is 15.8. The number of hydrogen-bond acceptors (Lipinski definition) is 7. The van der Waals surface area contributed by atoms with Crippen LogP contribution in [0.2, 0.25) is 5.02 Å². The summed E-state index contributed by atoms with van der Waals surface area (Å²) < 4.78 is 0. The monoisotopic (exact) mass is 643 g/mol. The Labute approximate surface area is 270 Å². The fourth-order valence-electron chi connectivity index (χ4n) is 6.45. The summed E-state index contributed by atoms with van der Waals surface area (Å²) in [7, 11) is 0. The summed E-state index contributed by atoms with van der Waals surface area (Å²) in [6.45, 7) is 11.7. The highest BCUT2D eigenvalue weighted by Crippen LogP contribution is 2.44. The average molecular weight is 644 g/mol. The zero-order valence-electron chi connectivity index (χ0n) is 27.0. The molecule has 1 saturated heterocycles. The molecule has 0 aromatic heterocycles. The quantitative estimate of drug-likeness (QED) is 0.296. The largest absolute Gasteiger partial charge is 0.387 e. The molecule has 1 spiro atoms. The van der Waals surface area contributed by atoms with E-state index >= 15 is 0 Å². The van der Waals surface area contributed by atoms with Gasteiger partial charge in [0.25, 0.3) is 5.91 Å². The number of carbonyl (C=O) groups is 5. The van der Waals surface area contributed by atoms with Gasteiger partial charge in [-0.1, -0.05) is 76.9 Å². The lowest BCUT2D eigenvalue weighted by Gasteiger charge is -2.35. The molecule has 246 valence electrons. The number of rotatable bonds is 12. The highest BCUT2D eigenvalue weighted by atomic mass is 35.5. The number of carbonyl (C=O) groups excluding carboxylic acids is 5. The summed E-state index contributed by atoms with van der Waals surface area (Å²) in [6.07, 6.45) is 2.85. The Kier molecular flexibility index (Phi) is 10.3. The molecule has 4 amide bonds. The minimum atomic E-state index is -1.14. The van der Waals surface area contributed by atoms with Crippen LogP contribution >= 0.6 is 11.6 Å². The van der Waals surface area contributed by atoms with Crippen molar-refractivity contribution in [3.63, 3.8) is 0 Å². The molecule has 3 aliphatic rings. The van der Waals surface area contributed by atoms with Crippen LogP contribution < -0.4 is 16.4 Å². The lowest BCUT2D eigenvalue weighted by Crippen LogP contribution is -2.59. The highest BCUT2D eigenvalue weighted by molar-refractivity contribution is 6.37. The van der Waals surface area contributed by atoms with E-state index in [1.165, 1.54) is 4.90 Å².